The fraction of sp³-hybridized carbons (Fsp3) is 1.00. The summed E-state index contributed by atoms with van der Waals surface area (Å²) in [6.07, 6.45) is -3.20. The van der Waals surface area contributed by atoms with Crippen LogP contribution in [0.4, 0.5) is 0 Å². The first kappa shape index (κ1) is 17.2. The minimum Gasteiger partial charge on any atom is -0.569 e. The molecule has 6 atom stereocenters. The summed E-state index contributed by atoms with van der Waals surface area (Å²) in [5.74, 6) is -0.486. The molecule has 22 heavy (non-hydrogen) atoms. The minimum atomic E-state index is -1.39. The molecule has 2 heterocycles. The highest BCUT2D eigenvalue weighted by Crippen LogP contribution is 2.26. The summed E-state index contributed by atoms with van der Waals surface area (Å²) in [5, 5.41) is 54.6. The van der Waals surface area contributed by atoms with E-state index in [-0.39, 0.29) is 24.2 Å². The lowest BCUT2D eigenvalue weighted by Gasteiger charge is -2.38. The van der Waals surface area contributed by atoms with Crippen molar-refractivity contribution in [1.29, 1.82) is 0 Å². The van der Waals surface area contributed by atoms with Gasteiger partial charge in [0.1, 0.15) is 12.1 Å². The summed E-state index contributed by atoms with van der Waals surface area (Å²) in [5.41, 5.74) is 0. The number of rotatable bonds is 5. The van der Waals surface area contributed by atoms with Gasteiger partial charge in [0.2, 0.25) is 5.28 Å². The Bertz CT molecular complexity index is 395. The van der Waals surface area contributed by atoms with Crippen molar-refractivity contribution in [3.63, 3.8) is 0 Å². The van der Waals surface area contributed by atoms with Crippen LogP contribution in [-0.2, 0) is 9.57 Å². The number of aliphatic hydroxyl groups excluding tert-OH is 4. The van der Waals surface area contributed by atoms with Crippen molar-refractivity contribution in [3.05, 3.63) is 5.21 Å². The van der Waals surface area contributed by atoms with E-state index in [4.69, 9.17) is 14.7 Å². The molecule has 2 saturated heterocycles. The Morgan fingerprint density at radius 3 is 2.68 bits per heavy atom. The molecular formula is C12H23N3O7. The van der Waals surface area contributed by atoms with E-state index in [2.05, 4.69) is 5.28 Å². The predicted octanol–water partition coefficient (Wildman–Crippen LogP) is -1.67. The van der Waals surface area contributed by atoms with Crippen molar-refractivity contribution in [2.45, 2.75) is 50.4 Å². The van der Waals surface area contributed by atoms with E-state index < -0.39 is 30.5 Å². The molecule has 2 aliphatic rings. The average molecular weight is 321 g/mol. The van der Waals surface area contributed by atoms with Crippen LogP contribution < -0.4 is 0 Å². The molecule has 128 valence electrons. The van der Waals surface area contributed by atoms with Crippen LogP contribution in [0.25, 0.3) is 0 Å². The van der Waals surface area contributed by atoms with Gasteiger partial charge in [0.15, 0.2) is 0 Å². The number of hydrazine groups is 1. The number of ether oxygens (including phenoxy) is 1. The molecule has 0 amide bonds. The summed E-state index contributed by atoms with van der Waals surface area (Å²) >= 11 is 0. The topological polar surface area (TPSA) is 141 Å². The number of aliphatic hydroxyl groups is 4. The van der Waals surface area contributed by atoms with Gasteiger partial charge in [-0.1, -0.05) is 6.92 Å². The first-order chi connectivity index (χ1) is 10.5. The smallest absolute Gasteiger partial charge is 0.261 e. The van der Waals surface area contributed by atoms with E-state index >= 15 is 0 Å². The molecule has 0 unspecified atom stereocenters. The van der Waals surface area contributed by atoms with Crippen LogP contribution >= 0.6 is 0 Å². The van der Waals surface area contributed by atoms with Gasteiger partial charge >= 0.3 is 0 Å². The number of hydrogen-bond donors (Lipinski definition) is 4. The second-order valence-electron chi connectivity index (χ2n) is 5.65. The molecule has 0 radical (unpaired) electrons. The monoisotopic (exact) mass is 321 g/mol. The van der Waals surface area contributed by atoms with Crippen LogP contribution in [0, 0.1) is 11.1 Å². The summed E-state index contributed by atoms with van der Waals surface area (Å²) in [7, 11) is 0. The third-order valence-electron chi connectivity index (χ3n) is 4.24. The van der Waals surface area contributed by atoms with Crippen LogP contribution in [0.2, 0.25) is 0 Å². The Morgan fingerprint density at radius 2 is 2.05 bits per heavy atom. The van der Waals surface area contributed by atoms with Crippen molar-refractivity contribution < 1.29 is 35.0 Å². The van der Waals surface area contributed by atoms with Gasteiger partial charge in [-0.05, 0) is 12.8 Å². The molecule has 10 nitrogen and oxygen atoms in total. The zero-order valence-corrected chi connectivity index (χ0v) is 12.4. The molecule has 0 aromatic carbocycles. The molecule has 0 bridgehead atoms. The fourth-order valence-corrected chi connectivity index (χ4v) is 2.73. The normalized spacial score (nSPS) is 40.0. The first-order valence-corrected chi connectivity index (χ1v) is 7.33. The van der Waals surface area contributed by atoms with Gasteiger partial charge in [-0.15, -0.1) is 5.01 Å². The summed E-state index contributed by atoms with van der Waals surface area (Å²) in [6, 6.07) is -0.321. The Labute approximate surface area is 127 Å². The van der Waals surface area contributed by atoms with Gasteiger partial charge < -0.3 is 35.2 Å². The van der Waals surface area contributed by atoms with Crippen LogP contribution in [0.15, 0.2) is 5.28 Å². The average Bonchev–Trinajstić information content (AvgIpc) is 3.00. The van der Waals surface area contributed by atoms with E-state index in [0.717, 1.165) is 6.42 Å². The number of hydrogen-bond acceptors (Lipinski definition) is 8. The Hall–Kier alpha value is -1.20. The molecule has 0 aliphatic carbocycles. The maximum atomic E-state index is 11.9. The van der Waals surface area contributed by atoms with Crippen LogP contribution in [-0.4, -0.2) is 80.8 Å². The third kappa shape index (κ3) is 3.41. The lowest BCUT2D eigenvalue weighted by molar-refractivity contribution is -0.717. The summed E-state index contributed by atoms with van der Waals surface area (Å²) in [4.78, 5) is 5.10. The molecule has 2 rings (SSSR count). The van der Waals surface area contributed by atoms with Gasteiger partial charge in [-0.25, -0.2) is 0 Å². The predicted molar refractivity (Wildman–Crippen MR) is 70.9 cm³/mol. The van der Waals surface area contributed by atoms with E-state index in [9.17, 15) is 20.5 Å². The maximum absolute atomic E-state index is 11.9. The van der Waals surface area contributed by atoms with Crippen molar-refractivity contribution in [2.75, 3.05) is 19.8 Å². The summed E-state index contributed by atoms with van der Waals surface area (Å²) in [6.45, 7) is 1.54. The van der Waals surface area contributed by atoms with Gasteiger partial charge in [0.05, 0.1) is 36.9 Å². The molecule has 0 aromatic heterocycles. The second kappa shape index (κ2) is 7.38. The Balaban J connectivity index is 1.98. The molecule has 0 aromatic rings. The van der Waals surface area contributed by atoms with E-state index in [1.54, 1.807) is 6.92 Å². The Kier molecular flexibility index (Phi) is 5.75. The van der Waals surface area contributed by atoms with Crippen LogP contribution in [0.5, 0.6) is 0 Å². The van der Waals surface area contributed by atoms with Crippen molar-refractivity contribution in [2.24, 2.45) is 11.2 Å². The molecule has 0 saturated carbocycles. The zero-order chi connectivity index (χ0) is 16.3. The highest BCUT2D eigenvalue weighted by atomic mass is 16.8. The van der Waals surface area contributed by atoms with E-state index in [1.165, 1.54) is 5.01 Å². The molecule has 2 aliphatic heterocycles. The van der Waals surface area contributed by atoms with Crippen molar-refractivity contribution in [1.82, 2.24) is 5.01 Å². The van der Waals surface area contributed by atoms with Crippen LogP contribution in [0.3, 0.4) is 0 Å². The Morgan fingerprint density at radius 1 is 1.32 bits per heavy atom. The van der Waals surface area contributed by atoms with Crippen molar-refractivity contribution >= 4 is 0 Å². The third-order valence-corrected chi connectivity index (χ3v) is 4.24. The molecule has 4 N–H and O–H groups in total. The van der Waals surface area contributed by atoms with Crippen LogP contribution in [0.1, 0.15) is 19.8 Å². The SMILES string of the molecule is C[C@H]1[C@H](O)[C@@H](O)[C@H](O/N=[N+](\[O-])N2CCC[C@H]2CO)O[C@@H]1CO. The highest BCUT2D eigenvalue weighted by Gasteiger charge is 2.44. The van der Waals surface area contributed by atoms with E-state index in [1.807, 2.05) is 0 Å². The van der Waals surface area contributed by atoms with Gasteiger partial charge in [0, 0.05) is 5.92 Å². The van der Waals surface area contributed by atoms with E-state index in [0.29, 0.717) is 13.0 Å². The summed E-state index contributed by atoms with van der Waals surface area (Å²) < 4.78 is 5.29. The lowest BCUT2D eigenvalue weighted by atomic mass is 9.91. The van der Waals surface area contributed by atoms with Gasteiger partial charge in [-0.2, -0.15) is 0 Å². The van der Waals surface area contributed by atoms with Gasteiger partial charge in [0.25, 0.3) is 6.29 Å². The molecule has 0 spiro atoms. The maximum Gasteiger partial charge on any atom is 0.261 e. The minimum absolute atomic E-state index is 0.167. The lowest BCUT2D eigenvalue weighted by Crippen LogP contribution is -2.55. The molecule has 10 heteroatoms. The second-order valence-corrected chi connectivity index (χ2v) is 5.65. The van der Waals surface area contributed by atoms with Gasteiger partial charge in [-0.3, -0.25) is 0 Å². The largest absolute Gasteiger partial charge is 0.569 e. The standard InChI is InChI=1S/C12H23N3O7/c1-7-9(6-17)21-12(11(19)10(7)18)22-13-15(20)14-4-2-3-8(14)5-16/h7-12,16-19H,2-6H2,1H3/b15-13-/t7-,8+,9-,10+,11-,12+/m1/s1. The first-order valence-electron chi connectivity index (χ1n) is 7.33. The molecular weight excluding hydrogens is 298 g/mol. The molecule has 2 fully saturated rings. The zero-order valence-electron chi connectivity index (χ0n) is 12.4. The van der Waals surface area contributed by atoms with Crippen molar-refractivity contribution in [3.8, 4) is 0 Å². The number of nitrogens with zero attached hydrogens (tertiary/aromatic N) is 3. The fourth-order valence-electron chi connectivity index (χ4n) is 2.73. The quantitative estimate of drug-likeness (QED) is 0.267. The highest BCUT2D eigenvalue weighted by molar-refractivity contribution is 4.86.